The minimum atomic E-state index is -0.341. The summed E-state index contributed by atoms with van der Waals surface area (Å²) in [6, 6.07) is 8.89. The maximum Gasteiger partial charge on any atom is 0.257 e. The highest BCUT2D eigenvalue weighted by Crippen LogP contribution is 2.39. The summed E-state index contributed by atoms with van der Waals surface area (Å²) in [6.45, 7) is 10.7. The molecule has 0 aliphatic rings. The van der Waals surface area contributed by atoms with Crippen LogP contribution in [0.25, 0.3) is 15.3 Å². The van der Waals surface area contributed by atoms with Crippen LogP contribution in [0.1, 0.15) is 42.4 Å². The van der Waals surface area contributed by atoms with E-state index < -0.39 is 0 Å². The normalized spacial score (nSPS) is 11.0. The number of halogens is 1. The number of benzene rings is 2. The third-order valence-electron chi connectivity index (χ3n) is 5.11. The molecule has 1 N–H and O–H groups in total. The topological polar surface area (TPSA) is 87.5 Å². The first-order chi connectivity index (χ1) is 16.9. The molecular formula is C25H27ClN4O4S. The first-order valence-corrected chi connectivity index (χ1v) is 12.6. The highest BCUT2D eigenvalue weighted by Gasteiger charge is 2.21. The number of rotatable bonds is 9. The van der Waals surface area contributed by atoms with Crippen LogP contribution in [0.5, 0.6) is 17.2 Å². The van der Waals surface area contributed by atoms with E-state index in [9.17, 15) is 4.79 Å². The Morgan fingerprint density at radius 2 is 1.69 bits per heavy atom. The van der Waals surface area contributed by atoms with Crippen molar-refractivity contribution in [2.45, 2.75) is 34.6 Å². The lowest BCUT2D eigenvalue weighted by molar-refractivity contribution is 0.102. The number of carbonyl (C=O) groups is 1. The molecule has 0 unspecified atom stereocenters. The molecule has 0 saturated carbocycles. The lowest BCUT2D eigenvalue weighted by atomic mass is 10.1. The Morgan fingerprint density at radius 1 is 1.03 bits per heavy atom. The van der Waals surface area contributed by atoms with Crippen LogP contribution in [-0.4, -0.2) is 40.5 Å². The van der Waals surface area contributed by atoms with Crippen molar-refractivity contribution < 1.29 is 19.0 Å². The van der Waals surface area contributed by atoms with Crippen LogP contribution in [0, 0.1) is 13.8 Å². The molecule has 10 heteroatoms. The van der Waals surface area contributed by atoms with E-state index in [2.05, 4.69) is 10.4 Å². The van der Waals surface area contributed by atoms with Gasteiger partial charge in [0, 0.05) is 11.6 Å². The van der Waals surface area contributed by atoms with Gasteiger partial charge in [-0.3, -0.25) is 4.79 Å². The SMILES string of the molecule is CCOc1cc(C(=O)Nc2cc(C)nn2-c2nc3c(C)ccc(Cl)c3s2)cc(OCC)c1OCC. The Hall–Kier alpha value is -3.30. The molecule has 35 heavy (non-hydrogen) atoms. The highest BCUT2D eigenvalue weighted by atomic mass is 35.5. The van der Waals surface area contributed by atoms with Crippen LogP contribution < -0.4 is 19.5 Å². The summed E-state index contributed by atoms with van der Waals surface area (Å²) in [5.41, 5.74) is 2.94. The average Bonchev–Trinajstić information content (AvgIpc) is 3.43. The van der Waals surface area contributed by atoms with Gasteiger partial charge in [-0.05, 0) is 58.4 Å². The van der Waals surface area contributed by atoms with Crippen molar-refractivity contribution >= 4 is 44.9 Å². The molecule has 0 aliphatic carbocycles. The Bertz CT molecular complexity index is 1320. The zero-order valence-corrected chi connectivity index (χ0v) is 21.8. The monoisotopic (exact) mass is 514 g/mol. The second-order valence-electron chi connectivity index (χ2n) is 7.68. The molecule has 1 amide bonds. The quantitative estimate of drug-likeness (QED) is 0.286. The van der Waals surface area contributed by atoms with Crippen LogP contribution in [0.2, 0.25) is 5.02 Å². The molecule has 0 aliphatic heterocycles. The first kappa shape index (κ1) is 24.8. The number of carbonyl (C=O) groups excluding carboxylic acids is 1. The van der Waals surface area contributed by atoms with E-state index in [1.165, 1.54) is 11.3 Å². The molecule has 0 bridgehead atoms. The second kappa shape index (κ2) is 10.5. The third-order valence-corrected chi connectivity index (χ3v) is 6.60. The van der Waals surface area contributed by atoms with E-state index in [1.807, 2.05) is 46.8 Å². The van der Waals surface area contributed by atoms with Gasteiger partial charge in [-0.25, -0.2) is 4.98 Å². The second-order valence-corrected chi connectivity index (χ2v) is 9.06. The largest absolute Gasteiger partial charge is 0.490 e. The van der Waals surface area contributed by atoms with Crippen LogP contribution in [0.15, 0.2) is 30.3 Å². The standard InChI is InChI=1S/C25H27ClN4O4S/c1-6-32-18-12-16(13-19(33-7-2)22(18)34-8-3)24(31)27-20-11-15(5)29-30(20)25-28-21-14(4)9-10-17(26)23(21)35-25/h9-13H,6-8H2,1-5H3,(H,27,31). The number of nitrogens with zero attached hydrogens (tertiary/aromatic N) is 3. The first-order valence-electron chi connectivity index (χ1n) is 11.4. The van der Waals surface area contributed by atoms with Crippen LogP contribution >= 0.6 is 22.9 Å². The molecule has 0 atom stereocenters. The number of hydrogen-bond acceptors (Lipinski definition) is 7. The molecule has 0 fully saturated rings. The Morgan fingerprint density at radius 3 is 2.29 bits per heavy atom. The van der Waals surface area contributed by atoms with E-state index in [-0.39, 0.29) is 5.91 Å². The summed E-state index contributed by atoms with van der Waals surface area (Å²) in [5.74, 6) is 1.53. The minimum Gasteiger partial charge on any atom is -0.490 e. The molecule has 0 spiro atoms. The molecule has 2 aromatic carbocycles. The number of fused-ring (bicyclic) bond motifs is 1. The summed E-state index contributed by atoms with van der Waals surface area (Å²) in [6.07, 6.45) is 0. The molecule has 8 nitrogen and oxygen atoms in total. The molecule has 2 heterocycles. The predicted octanol–water partition coefficient (Wildman–Crippen LogP) is 6.20. The van der Waals surface area contributed by atoms with Gasteiger partial charge in [0.05, 0.1) is 40.8 Å². The Kier molecular flexibility index (Phi) is 7.47. The number of aryl methyl sites for hydroxylation is 2. The summed E-state index contributed by atoms with van der Waals surface area (Å²) in [4.78, 5) is 18.1. The Labute approximate surface area is 212 Å². The number of ether oxygens (including phenoxy) is 3. The van der Waals surface area contributed by atoms with E-state index in [4.69, 9.17) is 30.8 Å². The van der Waals surface area contributed by atoms with Gasteiger partial charge < -0.3 is 19.5 Å². The number of thiazole rings is 1. The van der Waals surface area contributed by atoms with Gasteiger partial charge in [-0.15, -0.1) is 0 Å². The van der Waals surface area contributed by atoms with E-state index in [0.29, 0.717) is 58.6 Å². The van der Waals surface area contributed by atoms with Crippen molar-refractivity contribution in [2.24, 2.45) is 0 Å². The summed E-state index contributed by atoms with van der Waals surface area (Å²) < 4.78 is 19.7. The van der Waals surface area contributed by atoms with E-state index in [0.717, 1.165) is 21.5 Å². The fourth-order valence-electron chi connectivity index (χ4n) is 3.62. The van der Waals surface area contributed by atoms with Crippen LogP contribution in [0.3, 0.4) is 0 Å². The van der Waals surface area contributed by atoms with Crippen molar-refractivity contribution in [3.63, 3.8) is 0 Å². The molecule has 4 aromatic rings. The molecule has 2 aromatic heterocycles. The van der Waals surface area contributed by atoms with Gasteiger partial charge in [0.25, 0.3) is 5.91 Å². The maximum atomic E-state index is 13.3. The molecule has 4 rings (SSSR count). The third kappa shape index (κ3) is 5.06. The highest BCUT2D eigenvalue weighted by molar-refractivity contribution is 7.21. The van der Waals surface area contributed by atoms with Gasteiger partial charge in [-0.2, -0.15) is 9.78 Å². The van der Waals surface area contributed by atoms with Crippen molar-refractivity contribution in [1.82, 2.24) is 14.8 Å². The minimum absolute atomic E-state index is 0.341. The molecule has 184 valence electrons. The zero-order valence-electron chi connectivity index (χ0n) is 20.3. The van der Waals surface area contributed by atoms with Crippen molar-refractivity contribution in [2.75, 3.05) is 25.1 Å². The lowest BCUT2D eigenvalue weighted by Crippen LogP contribution is -2.16. The number of amides is 1. The van der Waals surface area contributed by atoms with Crippen molar-refractivity contribution in [3.8, 4) is 22.4 Å². The van der Waals surface area contributed by atoms with Gasteiger partial charge in [0.1, 0.15) is 5.82 Å². The van der Waals surface area contributed by atoms with Gasteiger partial charge in [-0.1, -0.05) is 29.0 Å². The predicted molar refractivity (Wildman–Crippen MR) is 139 cm³/mol. The van der Waals surface area contributed by atoms with Crippen LogP contribution in [0.4, 0.5) is 5.82 Å². The van der Waals surface area contributed by atoms with Gasteiger partial charge in [0.2, 0.25) is 10.9 Å². The van der Waals surface area contributed by atoms with Crippen molar-refractivity contribution in [3.05, 3.63) is 52.2 Å². The smallest absolute Gasteiger partial charge is 0.257 e. The van der Waals surface area contributed by atoms with E-state index in [1.54, 1.807) is 22.9 Å². The average molecular weight is 515 g/mol. The van der Waals surface area contributed by atoms with Crippen LogP contribution in [-0.2, 0) is 0 Å². The summed E-state index contributed by atoms with van der Waals surface area (Å²) >= 11 is 7.81. The number of hydrogen-bond donors (Lipinski definition) is 1. The Balaban J connectivity index is 1.71. The molecule has 0 saturated heterocycles. The molecule has 0 radical (unpaired) electrons. The fourth-order valence-corrected chi connectivity index (χ4v) is 4.91. The van der Waals surface area contributed by atoms with E-state index >= 15 is 0 Å². The maximum absolute atomic E-state index is 13.3. The lowest BCUT2D eigenvalue weighted by Gasteiger charge is -2.17. The number of nitrogens with one attached hydrogen (secondary N) is 1. The van der Waals surface area contributed by atoms with Crippen molar-refractivity contribution in [1.29, 1.82) is 0 Å². The summed E-state index contributed by atoms with van der Waals surface area (Å²) in [5, 5.41) is 8.74. The summed E-state index contributed by atoms with van der Waals surface area (Å²) in [7, 11) is 0. The fraction of sp³-hybridized carbons (Fsp3) is 0.320. The number of anilines is 1. The number of aromatic nitrogens is 3. The molecular weight excluding hydrogens is 488 g/mol. The van der Waals surface area contributed by atoms with Gasteiger partial charge in [0.15, 0.2) is 11.5 Å². The van der Waals surface area contributed by atoms with Gasteiger partial charge >= 0.3 is 0 Å². The zero-order chi connectivity index (χ0) is 25.1.